The molecule has 2 aliphatic rings. The van der Waals surface area contributed by atoms with Gasteiger partial charge in [-0.1, -0.05) is 24.3 Å². The maximum absolute atomic E-state index is 12.3. The van der Waals surface area contributed by atoms with Gasteiger partial charge < -0.3 is 9.80 Å². The maximum Gasteiger partial charge on any atom is 0.225 e. The average Bonchev–Trinajstić information content (AvgIpc) is 3.29. The van der Waals surface area contributed by atoms with Crippen LogP contribution in [0.25, 0.3) is 10.9 Å². The topological polar surface area (TPSA) is 65.5 Å². The van der Waals surface area contributed by atoms with Crippen LogP contribution in [0.3, 0.4) is 0 Å². The molecule has 2 saturated heterocycles. The Morgan fingerprint density at radius 2 is 1.82 bits per heavy atom. The fourth-order valence-corrected chi connectivity index (χ4v) is 5.15. The number of fused-ring (bicyclic) bond motifs is 1. The van der Waals surface area contributed by atoms with Crippen LogP contribution in [0, 0.1) is 5.92 Å². The zero-order valence-corrected chi connectivity index (χ0v) is 19.4. The van der Waals surface area contributed by atoms with E-state index in [1.807, 2.05) is 29.4 Å². The molecule has 0 aliphatic carbocycles. The van der Waals surface area contributed by atoms with E-state index < -0.39 is 0 Å². The largest absolute Gasteiger partial charge is 0.341 e. The third-order valence-corrected chi connectivity index (χ3v) is 6.83. The summed E-state index contributed by atoms with van der Waals surface area (Å²) in [6.07, 6.45) is 7.07. The molecule has 7 nitrogen and oxygen atoms in total. The lowest BCUT2D eigenvalue weighted by molar-refractivity contribution is -0.129. The van der Waals surface area contributed by atoms with Crippen LogP contribution in [-0.2, 0) is 17.8 Å². The van der Waals surface area contributed by atoms with E-state index in [9.17, 15) is 4.79 Å². The van der Waals surface area contributed by atoms with Crippen LogP contribution in [-0.4, -0.2) is 69.9 Å². The number of pyridine rings is 1. The number of carbonyl (C=O) groups excluding carboxylic acids is 1. The van der Waals surface area contributed by atoms with Crippen LogP contribution >= 0.6 is 0 Å². The minimum absolute atomic E-state index is 0.149. The first-order valence-corrected chi connectivity index (χ1v) is 12.0. The van der Waals surface area contributed by atoms with E-state index in [1.165, 1.54) is 23.8 Å². The van der Waals surface area contributed by atoms with E-state index in [1.54, 1.807) is 6.92 Å². The minimum atomic E-state index is 0.149. The molecule has 0 bridgehead atoms. The Bertz CT molecular complexity index is 1110. The van der Waals surface area contributed by atoms with Gasteiger partial charge >= 0.3 is 0 Å². The normalized spacial score (nSPS) is 19.7. The molecular formula is C26H32N6O. The van der Waals surface area contributed by atoms with Gasteiger partial charge in [-0.05, 0) is 42.9 Å². The van der Waals surface area contributed by atoms with Gasteiger partial charge in [0.15, 0.2) is 0 Å². The van der Waals surface area contributed by atoms with Gasteiger partial charge in [-0.15, -0.1) is 0 Å². The smallest absolute Gasteiger partial charge is 0.225 e. The summed E-state index contributed by atoms with van der Waals surface area (Å²) in [6, 6.07) is 12.5. The van der Waals surface area contributed by atoms with E-state index in [2.05, 4.69) is 44.0 Å². The highest BCUT2D eigenvalue weighted by Gasteiger charge is 2.26. The fraction of sp³-hybridized carbons (Fsp3) is 0.462. The number of aromatic nitrogens is 3. The fourth-order valence-electron chi connectivity index (χ4n) is 5.15. The van der Waals surface area contributed by atoms with Crippen LogP contribution in [0.1, 0.15) is 31.0 Å². The highest BCUT2D eigenvalue weighted by atomic mass is 16.2. The van der Waals surface area contributed by atoms with Crippen molar-refractivity contribution in [2.75, 3.05) is 44.2 Å². The van der Waals surface area contributed by atoms with Crippen molar-refractivity contribution in [1.29, 1.82) is 0 Å². The molecule has 1 amide bonds. The summed E-state index contributed by atoms with van der Waals surface area (Å²) in [6.45, 7) is 7.85. The summed E-state index contributed by atoms with van der Waals surface area (Å²) < 4.78 is 0. The molecule has 2 fully saturated rings. The SMILES string of the molecule is CC(=O)N1CCN(Cc2ccnc(N3CCCC3)n2)C[C@H](Cc2cccc3cccnc23)C1. The molecule has 33 heavy (non-hydrogen) atoms. The van der Waals surface area contributed by atoms with E-state index in [0.717, 1.165) is 69.4 Å². The minimum Gasteiger partial charge on any atom is -0.341 e. The summed E-state index contributed by atoms with van der Waals surface area (Å²) in [5.41, 5.74) is 3.37. The van der Waals surface area contributed by atoms with Crippen molar-refractivity contribution in [2.45, 2.75) is 32.7 Å². The molecule has 0 unspecified atom stereocenters. The number of hydrogen-bond donors (Lipinski definition) is 0. The molecule has 2 aromatic heterocycles. The summed E-state index contributed by atoms with van der Waals surface area (Å²) in [5, 5.41) is 1.17. The maximum atomic E-state index is 12.3. The molecule has 1 atom stereocenters. The molecule has 2 aliphatic heterocycles. The Hall–Kier alpha value is -3.06. The van der Waals surface area contributed by atoms with E-state index >= 15 is 0 Å². The van der Waals surface area contributed by atoms with Crippen LogP contribution < -0.4 is 4.90 Å². The molecule has 5 rings (SSSR count). The van der Waals surface area contributed by atoms with Gasteiger partial charge in [-0.25, -0.2) is 9.97 Å². The summed E-state index contributed by atoms with van der Waals surface area (Å²) in [4.78, 5) is 33.0. The molecular weight excluding hydrogens is 412 g/mol. The Morgan fingerprint density at radius 1 is 0.970 bits per heavy atom. The lowest BCUT2D eigenvalue weighted by Gasteiger charge is -2.24. The highest BCUT2D eigenvalue weighted by Crippen LogP contribution is 2.23. The standard InChI is InChI=1S/C26H32N6O/c1-20(33)32-15-14-30(19-24-9-11-28-26(29-24)31-12-2-3-13-31)17-21(18-32)16-23-7-4-6-22-8-5-10-27-25(22)23/h4-11,21H,2-3,12-19H2,1H3/t21-/m0/s1. The molecule has 1 aromatic carbocycles. The molecule has 0 N–H and O–H groups in total. The number of amides is 1. The summed E-state index contributed by atoms with van der Waals surface area (Å²) in [7, 11) is 0. The number of carbonyl (C=O) groups is 1. The van der Waals surface area contributed by atoms with Gasteiger partial charge in [0, 0.05) is 70.5 Å². The number of nitrogens with zero attached hydrogens (tertiary/aromatic N) is 6. The molecule has 172 valence electrons. The third-order valence-electron chi connectivity index (χ3n) is 6.83. The van der Waals surface area contributed by atoms with Crippen LogP contribution in [0.15, 0.2) is 48.8 Å². The summed E-state index contributed by atoms with van der Waals surface area (Å²) >= 11 is 0. The Kier molecular flexibility index (Phi) is 6.48. The predicted molar refractivity (Wildman–Crippen MR) is 130 cm³/mol. The monoisotopic (exact) mass is 444 g/mol. The van der Waals surface area contributed by atoms with Crippen LogP contribution in [0.5, 0.6) is 0 Å². The van der Waals surface area contributed by atoms with Crippen molar-refractivity contribution in [2.24, 2.45) is 5.92 Å². The zero-order chi connectivity index (χ0) is 22.6. The first-order valence-electron chi connectivity index (χ1n) is 12.0. The number of anilines is 1. The van der Waals surface area contributed by atoms with E-state index in [-0.39, 0.29) is 5.91 Å². The van der Waals surface area contributed by atoms with Crippen molar-refractivity contribution in [3.63, 3.8) is 0 Å². The van der Waals surface area contributed by atoms with Crippen molar-refractivity contribution >= 4 is 22.8 Å². The number of benzene rings is 1. The van der Waals surface area contributed by atoms with E-state index in [4.69, 9.17) is 4.98 Å². The first-order chi connectivity index (χ1) is 16.2. The van der Waals surface area contributed by atoms with Gasteiger partial charge in [0.2, 0.25) is 11.9 Å². The number of rotatable bonds is 5. The van der Waals surface area contributed by atoms with Crippen molar-refractivity contribution < 1.29 is 4.79 Å². The lowest BCUT2D eigenvalue weighted by Crippen LogP contribution is -2.34. The van der Waals surface area contributed by atoms with Gasteiger partial charge in [-0.2, -0.15) is 0 Å². The second-order valence-corrected chi connectivity index (χ2v) is 9.30. The highest BCUT2D eigenvalue weighted by molar-refractivity contribution is 5.81. The summed E-state index contributed by atoms with van der Waals surface area (Å²) in [5.74, 6) is 1.34. The molecule has 3 aromatic rings. The Balaban J connectivity index is 1.34. The van der Waals surface area contributed by atoms with Crippen LogP contribution in [0.2, 0.25) is 0 Å². The molecule has 7 heteroatoms. The second-order valence-electron chi connectivity index (χ2n) is 9.30. The van der Waals surface area contributed by atoms with Crippen molar-refractivity contribution in [3.8, 4) is 0 Å². The zero-order valence-electron chi connectivity index (χ0n) is 19.4. The van der Waals surface area contributed by atoms with Gasteiger partial charge in [0.05, 0.1) is 11.2 Å². The molecule has 0 saturated carbocycles. The van der Waals surface area contributed by atoms with Crippen LogP contribution in [0.4, 0.5) is 5.95 Å². The van der Waals surface area contributed by atoms with Gasteiger partial charge in [-0.3, -0.25) is 14.7 Å². The molecule has 0 spiro atoms. The van der Waals surface area contributed by atoms with Gasteiger partial charge in [0.1, 0.15) is 0 Å². The average molecular weight is 445 g/mol. The predicted octanol–water partition coefficient (Wildman–Crippen LogP) is 3.15. The Morgan fingerprint density at radius 3 is 2.67 bits per heavy atom. The van der Waals surface area contributed by atoms with Crippen molar-refractivity contribution in [1.82, 2.24) is 24.8 Å². The first kappa shape index (κ1) is 21.8. The number of para-hydroxylation sites is 1. The lowest BCUT2D eigenvalue weighted by atomic mass is 9.96. The van der Waals surface area contributed by atoms with E-state index in [0.29, 0.717) is 5.92 Å². The van der Waals surface area contributed by atoms with Crippen molar-refractivity contribution in [3.05, 3.63) is 60.0 Å². The quantitative estimate of drug-likeness (QED) is 0.602. The number of hydrogen-bond acceptors (Lipinski definition) is 6. The molecule has 0 radical (unpaired) electrons. The second kappa shape index (κ2) is 9.83. The van der Waals surface area contributed by atoms with Gasteiger partial charge in [0.25, 0.3) is 0 Å². The third kappa shape index (κ3) is 5.14. The Labute approximate surface area is 195 Å². The molecule has 4 heterocycles.